The van der Waals surface area contributed by atoms with Crippen molar-refractivity contribution in [2.75, 3.05) is 0 Å². The smallest absolute Gasteiger partial charge is 0.180 e. The van der Waals surface area contributed by atoms with Gasteiger partial charge in [0.25, 0.3) is 0 Å². The molecule has 0 bridgehead atoms. The van der Waals surface area contributed by atoms with Crippen LogP contribution < -0.4 is 0 Å². The van der Waals surface area contributed by atoms with Crippen LogP contribution in [0.5, 0.6) is 0 Å². The standard InChI is InChI=1S/C17H13NO/c19-15-10-13(11-6-2-1-3-7-11)16-12-8-4-5-9-14(12)18-17(15)16/h1-9,13,18H,10H2. The third kappa shape index (κ3) is 1.46. The van der Waals surface area contributed by atoms with Crippen LogP contribution in [0.25, 0.3) is 10.9 Å². The van der Waals surface area contributed by atoms with Gasteiger partial charge in [0.2, 0.25) is 0 Å². The molecule has 0 saturated heterocycles. The van der Waals surface area contributed by atoms with Crippen molar-refractivity contribution in [3.05, 3.63) is 71.4 Å². The summed E-state index contributed by atoms with van der Waals surface area (Å²) in [4.78, 5) is 15.5. The minimum atomic E-state index is 0.194. The molecular weight excluding hydrogens is 234 g/mol. The number of H-pyrrole nitrogens is 1. The molecule has 0 spiro atoms. The van der Waals surface area contributed by atoms with E-state index < -0.39 is 0 Å². The van der Waals surface area contributed by atoms with Gasteiger partial charge in [0, 0.05) is 23.2 Å². The van der Waals surface area contributed by atoms with Gasteiger partial charge in [-0.25, -0.2) is 0 Å². The molecule has 1 N–H and O–H groups in total. The van der Waals surface area contributed by atoms with E-state index in [1.165, 1.54) is 16.5 Å². The minimum absolute atomic E-state index is 0.194. The topological polar surface area (TPSA) is 32.9 Å². The SMILES string of the molecule is O=C1CC(c2ccccc2)c2c1[nH]c1ccccc21. The third-order valence-corrected chi connectivity index (χ3v) is 3.97. The number of fused-ring (bicyclic) bond motifs is 3. The van der Waals surface area contributed by atoms with E-state index in [-0.39, 0.29) is 11.7 Å². The molecule has 0 fully saturated rings. The molecule has 1 aromatic heterocycles. The van der Waals surface area contributed by atoms with Crippen LogP contribution in [0.1, 0.15) is 34.0 Å². The Bertz CT molecular complexity index is 770. The van der Waals surface area contributed by atoms with Crippen molar-refractivity contribution in [3.63, 3.8) is 0 Å². The fraction of sp³-hybridized carbons (Fsp3) is 0.118. The first kappa shape index (κ1) is 10.6. The van der Waals surface area contributed by atoms with Gasteiger partial charge in [-0.05, 0) is 17.2 Å². The average Bonchev–Trinajstić information content (AvgIpc) is 2.98. The third-order valence-electron chi connectivity index (χ3n) is 3.97. The van der Waals surface area contributed by atoms with E-state index in [4.69, 9.17) is 0 Å². The molecule has 1 aliphatic carbocycles. The summed E-state index contributed by atoms with van der Waals surface area (Å²) in [6.45, 7) is 0. The molecule has 3 aromatic rings. The summed E-state index contributed by atoms with van der Waals surface area (Å²) in [5.41, 5.74) is 4.25. The second-order valence-corrected chi connectivity index (χ2v) is 5.05. The number of ketones is 1. The van der Waals surface area contributed by atoms with Crippen LogP contribution in [-0.2, 0) is 0 Å². The molecular formula is C17H13NO. The Hall–Kier alpha value is -2.35. The molecule has 2 aromatic carbocycles. The molecule has 2 heteroatoms. The summed E-state index contributed by atoms with van der Waals surface area (Å²) in [5, 5.41) is 1.18. The number of hydrogen-bond acceptors (Lipinski definition) is 1. The van der Waals surface area contributed by atoms with Crippen LogP contribution >= 0.6 is 0 Å². The summed E-state index contributed by atoms with van der Waals surface area (Å²) < 4.78 is 0. The number of carbonyl (C=O) groups excluding carboxylic acids is 1. The van der Waals surface area contributed by atoms with Crippen molar-refractivity contribution < 1.29 is 4.79 Å². The summed E-state index contributed by atoms with van der Waals surface area (Å²) in [6, 6.07) is 18.4. The Morgan fingerprint density at radius 2 is 1.68 bits per heavy atom. The van der Waals surface area contributed by atoms with Gasteiger partial charge in [0.1, 0.15) is 0 Å². The van der Waals surface area contributed by atoms with Gasteiger partial charge in [0.15, 0.2) is 5.78 Å². The van der Waals surface area contributed by atoms with Gasteiger partial charge >= 0.3 is 0 Å². The van der Waals surface area contributed by atoms with Gasteiger partial charge in [-0.3, -0.25) is 4.79 Å². The van der Waals surface area contributed by atoms with E-state index in [0.717, 1.165) is 11.2 Å². The number of rotatable bonds is 1. The molecule has 0 saturated carbocycles. The molecule has 2 nitrogen and oxygen atoms in total. The van der Waals surface area contributed by atoms with Crippen LogP contribution in [0.15, 0.2) is 54.6 Å². The number of aromatic amines is 1. The number of hydrogen-bond donors (Lipinski definition) is 1. The van der Waals surface area contributed by atoms with Gasteiger partial charge in [-0.15, -0.1) is 0 Å². The van der Waals surface area contributed by atoms with Crippen molar-refractivity contribution in [1.82, 2.24) is 4.98 Å². The Morgan fingerprint density at radius 1 is 0.947 bits per heavy atom. The maximum absolute atomic E-state index is 12.2. The summed E-state index contributed by atoms with van der Waals surface area (Å²) >= 11 is 0. The highest BCUT2D eigenvalue weighted by Crippen LogP contribution is 2.42. The summed E-state index contributed by atoms with van der Waals surface area (Å²) in [6.07, 6.45) is 0.579. The predicted octanol–water partition coefficient (Wildman–Crippen LogP) is 3.89. The number of Topliss-reactive ketones (excluding diaryl/α,β-unsaturated/α-hetero) is 1. The highest BCUT2D eigenvalue weighted by atomic mass is 16.1. The Morgan fingerprint density at radius 3 is 2.53 bits per heavy atom. The van der Waals surface area contributed by atoms with Crippen LogP contribution in [0, 0.1) is 0 Å². The van der Waals surface area contributed by atoms with Gasteiger partial charge < -0.3 is 4.98 Å². The molecule has 0 aliphatic heterocycles. The van der Waals surface area contributed by atoms with Crippen molar-refractivity contribution >= 4 is 16.7 Å². The number of carbonyl (C=O) groups is 1. The Labute approximate surface area is 111 Å². The number of nitrogens with one attached hydrogen (secondary N) is 1. The quantitative estimate of drug-likeness (QED) is 0.695. The second kappa shape index (κ2) is 3.82. The maximum Gasteiger partial charge on any atom is 0.180 e. The van der Waals surface area contributed by atoms with E-state index in [1.807, 2.05) is 36.4 Å². The first-order valence-electron chi connectivity index (χ1n) is 6.53. The molecule has 92 valence electrons. The first-order chi connectivity index (χ1) is 9.34. The monoisotopic (exact) mass is 247 g/mol. The van der Waals surface area contributed by atoms with Gasteiger partial charge in [-0.2, -0.15) is 0 Å². The van der Waals surface area contributed by atoms with E-state index in [0.29, 0.717) is 6.42 Å². The number of benzene rings is 2. The van der Waals surface area contributed by atoms with E-state index in [1.54, 1.807) is 0 Å². The van der Waals surface area contributed by atoms with Crippen LogP contribution in [0.4, 0.5) is 0 Å². The average molecular weight is 247 g/mol. The molecule has 1 aliphatic rings. The molecule has 1 heterocycles. The van der Waals surface area contributed by atoms with E-state index in [9.17, 15) is 4.79 Å². The lowest BCUT2D eigenvalue weighted by molar-refractivity contribution is 0.0987. The molecule has 0 amide bonds. The largest absolute Gasteiger partial charge is 0.352 e. The fourth-order valence-electron chi connectivity index (χ4n) is 3.10. The zero-order valence-electron chi connectivity index (χ0n) is 10.4. The normalized spacial score (nSPS) is 17.9. The van der Waals surface area contributed by atoms with Gasteiger partial charge in [0.05, 0.1) is 5.69 Å². The van der Waals surface area contributed by atoms with Crippen LogP contribution in [0.3, 0.4) is 0 Å². The zero-order chi connectivity index (χ0) is 12.8. The zero-order valence-corrected chi connectivity index (χ0v) is 10.4. The fourth-order valence-corrected chi connectivity index (χ4v) is 3.10. The van der Waals surface area contributed by atoms with Crippen molar-refractivity contribution in [2.24, 2.45) is 0 Å². The van der Waals surface area contributed by atoms with Crippen LogP contribution in [-0.4, -0.2) is 10.8 Å². The summed E-state index contributed by atoms with van der Waals surface area (Å²) in [7, 11) is 0. The lowest BCUT2D eigenvalue weighted by Crippen LogP contribution is -1.97. The molecule has 4 rings (SSSR count). The van der Waals surface area contributed by atoms with E-state index in [2.05, 4.69) is 23.2 Å². The van der Waals surface area contributed by atoms with E-state index >= 15 is 0 Å². The molecule has 1 unspecified atom stereocenters. The molecule has 19 heavy (non-hydrogen) atoms. The Balaban J connectivity index is 1.98. The second-order valence-electron chi connectivity index (χ2n) is 5.05. The predicted molar refractivity (Wildman–Crippen MR) is 75.5 cm³/mol. The van der Waals surface area contributed by atoms with Crippen molar-refractivity contribution in [3.8, 4) is 0 Å². The first-order valence-corrected chi connectivity index (χ1v) is 6.53. The highest BCUT2D eigenvalue weighted by molar-refractivity contribution is 6.07. The molecule has 1 atom stereocenters. The minimum Gasteiger partial charge on any atom is -0.352 e. The number of aromatic nitrogens is 1. The molecule has 0 radical (unpaired) electrons. The van der Waals surface area contributed by atoms with Gasteiger partial charge in [-0.1, -0.05) is 48.5 Å². The number of para-hydroxylation sites is 1. The van der Waals surface area contributed by atoms with Crippen LogP contribution in [0.2, 0.25) is 0 Å². The van der Waals surface area contributed by atoms with Crippen molar-refractivity contribution in [2.45, 2.75) is 12.3 Å². The Kier molecular flexibility index (Phi) is 2.12. The van der Waals surface area contributed by atoms with Crippen molar-refractivity contribution in [1.29, 1.82) is 0 Å². The summed E-state index contributed by atoms with van der Waals surface area (Å²) in [5.74, 6) is 0.417. The highest BCUT2D eigenvalue weighted by Gasteiger charge is 2.33. The maximum atomic E-state index is 12.2. The lowest BCUT2D eigenvalue weighted by atomic mass is 9.92. The lowest BCUT2D eigenvalue weighted by Gasteiger charge is -2.10.